The van der Waals surface area contributed by atoms with E-state index in [0.717, 1.165) is 25.7 Å². The lowest BCUT2D eigenvalue weighted by Crippen LogP contribution is -2.51. The zero-order chi connectivity index (χ0) is 23.4. The molecule has 1 aliphatic carbocycles. The molecule has 0 radical (unpaired) electrons. The number of sulfonamides is 1. The maximum atomic E-state index is 12.9. The average molecular weight is 472 g/mol. The standard InChI is InChI=1S/C24H29N3O5S/c1-32-22-9-5-4-8-21(22)25-33(30,31)20-12-10-19(11-13-20)24(29)27-16-14-26(15-17-27)23(28)18-6-2-3-7-18/h4-5,8-13,18,25H,2-3,6-7,14-17H2,1H3. The molecule has 1 aliphatic heterocycles. The molecule has 1 saturated carbocycles. The third-order valence-electron chi connectivity index (χ3n) is 6.35. The predicted octanol–water partition coefficient (Wildman–Crippen LogP) is 2.97. The molecule has 2 aliphatic rings. The number of para-hydroxylation sites is 2. The lowest BCUT2D eigenvalue weighted by atomic mass is 10.1. The Kier molecular flexibility index (Phi) is 6.88. The summed E-state index contributed by atoms with van der Waals surface area (Å²) < 4.78 is 33.2. The second-order valence-corrected chi connectivity index (χ2v) is 10.1. The molecule has 2 fully saturated rings. The molecule has 0 spiro atoms. The van der Waals surface area contributed by atoms with Gasteiger partial charge in [-0.25, -0.2) is 8.42 Å². The highest BCUT2D eigenvalue weighted by Gasteiger charge is 2.30. The molecule has 2 aromatic rings. The van der Waals surface area contributed by atoms with Gasteiger partial charge in [0, 0.05) is 37.7 Å². The fourth-order valence-electron chi connectivity index (χ4n) is 4.45. The topological polar surface area (TPSA) is 96.0 Å². The number of carbonyl (C=O) groups excluding carboxylic acids is 2. The number of nitrogens with one attached hydrogen (secondary N) is 1. The number of hydrogen-bond acceptors (Lipinski definition) is 5. The van der Waals surface area contributed by atoms with Gasteiger partial charge < -0.3 is 14.5 Å². The summed E-state index contributed by atoms with van der Waals surface area (Å²) >= 11 is 0. The Balaban J connectivity index is 1.38. The largest absolute Gasteiger partial charge is 0.495 e. The van der Waals surface area contributed by atoms with Crippen LogP contribution in [-0.2, 0) is 14.8 Å². The minimum Gasteiger partial charge on any atom is -0.495 e. The van der Waals surface area contributed by atoms with E-state index in [9.17, 15) is 18.0 Å². The van der Waals surface area contributed by atoms with Crippen LogP contribution in [0.25, 0.3) is 0 Å². The van der Waals surface area contributed by atoms with Crippen LogP contribution >= 0.6 is 0 Å². The fourth-order valence-corrected chi connectivity index (χ4v) is 5.52. The summed E-state index contributed by atoms with van der Waals surface area (Å²) in [5, 5.41) is 0. The number of nitrogens with zero attached hydrogens (tertiary/aromatic N) is 2. The molecule has 1 heterocycles. The molecule has 2 aromatic carbocycles. The van der Waals surface area contributed by atoms with Crippen molar-refractivity contribution in [3.05, 3.63) is 54.1 Å². The Labute approximate surface area is 194 Å². The quantitative estimate of drug-likeness (QED) is 0.699. The second kappa shape index (κ2) is 9.82. The maximum absolute atomic E-state index is 12.9. The second-order valence-electron chi connectivity index (χ2n) is 8.43. The van der Waals surface area contributed by atoms with Crippen molar-refractivity contribution in [1.82, 2.24) is 9.80 Å². The highest BCUT2D eigenvalue weighted by atomic mass is 32.2. The van der Waals surface area contributed by atoms with Crippen LogP contribution in [-0.4, -0.2) is 63.3 Å². The first-order valence-electron chi connectivity index (χ1n) is 11.2. The third kappa shape index (κ3) is 5.13. The van der Waals surface area contributed by atoms with E-state index in [1.165, 1.54) is 31.4 Å². The van der Waals surface area contributed by atoms with E-state index < -0.39 is 10.0 Å². The van der Waals surface area contributed by atoms with E-state index in [2.05, 4.69) is 4.72 Å². The predicted molar refractivity (Wildman–Crippen MR) is 125 cm³/mol. The zero-order valence-corrected chi connectivity index (χ0v) is 19.5. The van der Waals surface area contributed by atoms with Crippen molar-refractivity contribution in [1.29, 1.82) is 0 Å². The number of methoxy groups -OCH3 is 1. The number of anilines is 1. The summed E-state index contributed by atoms with van der Waals surface area (Å²) in [4.78, 5) is 29.2. The van der Waals surface area contributed by atoms with Gasteiger partial charge in [-0.15, -0.1) is 0 Å². The van der Waals surface area contributed by atoms with Gasteiger partial charge in [0.1, 0.15) is 5.75 Å². The summed E-state index contributed by atoms with van der Waals surface area (Å²) in [5.74, 6) is 0.617. The number of hydrogen-bond donors (Lipinski definition) is 1. The van der Waals surface area contributed by atoms with Gasteiger partial charge in [0.05, 0.1) is 17.7 Å². The first kappa shape index (κ1) is 23.1. The lowest BCUT2D eigenvalue weighted by Gasteiger charge is -2.36. The van der Waals surface area contributed by atoms with Gasteiger partial charge in [-0.05, 0) is 49.2 Å². The fraction of sp³-hybridized carbons (Fsp3) is 0.417. The van der Waals surface area contributed by atoms with Crippen molar-refractivity contribution in [2.75, 3.05) is 38.0 Å². The van der Waals surface area contributed by atoms with Gasteiger partial charge in [-0.3, -0.25) is 14.3 Å². The number of benzene rings is 2. The molecule has 33 heavy (non-hydrogen) atoms. The number of ether oxygens (including phenoxy) is 1. The Morgan fingerprint density at radius 3 is 2.15 bits per heavy atom. The third-order valence-corrected chi connectivity index (χ3v) is 7.73. The van der Waals surface area contributed by atoms with Crippen molar-refractivity contribution >= 4 is 27.5 Å². The molecule has 0 bridgehead atoms. The molecule has 8 nitrogen and oxygen atoms in total. The van der Waals surface area contributed by atoms with Gasteiger partial charge in [0.2, 0.25) is 5.91 Å². The molecule has 0 unspecified atom stereocenters. The molecular formula is C24H29N3O5S. The first-order valence-corrected chi connectivity index (χ1v) is 12.7. The Morgan fingerprint density at radius 2 is 1.52 bits per heavy atom. The monoisotopic (exact) mass is 471 g/mol. The van der Waals surface area contributed by atoms with Crippen LogP contribution in [0.4, 0.5) is 5.69 Å². The van der Waals surface area contributed by atoms with Crippen molar-refractivity contribution in [2.45, 2.75) is 30.6 Å². The SMILES string of the molecule is COc1ccccc1NS(=O)(=O)c1ccc(C(=O)N2CCN(C(=O)C3CCCC3)CC2)cc1. The summed E-state index contributed by atoms with van der Waals surface area (Å²) in [6.07, 6.45) is 4.18. The van der Waals surface area contributed by atoms with Crippen molar-refractivity contribution < 1.29 is 22.7 Å². The van der Waals surface area contributed by atoms with Crippen LogP contribution in [0.2, 0.25) is 0 Å². The summed E-state index contributed by atoms with van der Waals surface area (Å²) in [5.41, 5.74) is 0.756. The van der Waals surface area contributed by atoms with E-state index in [1.54, 1.807) is 29.2 Å². The van der Waals surface area contributed by atoms with Crippen LogP contribution in [0.1, 0.15) is 36.0 Å². The Bertz CT molecular complexity index is 1100. The van der Waals surface area contributed by atoms with E-state index in [1.807, 2.05) is 4.90 Å². The normalized spacial score (nSPS) is 17.1. The van der Waals surface area contributed by atoms with Crippen molar-refractivity contribution in [3.8, 4) is 5.75 Å². The van der Waals surface area contributed by atoms with E-state index >= 15 is 0 Å². The smallest absolute Gasteiger partial charge is 0.262 e. The van der Waals surface area contributed by atoms with Gasteiger partial charge in [-0.2, -0.15) is 0 Å². The van der Waals surface area contributed by atoms with Crippen molar-refractivity contribution in [2.24, 2.45) is 5.92 Å². The highest BCUT2D eigenvalue weighted by Crippen LogP contribution is 2.28. The molecule has 1 N–H and O–H groups in total. The average Bonchev–Trinajstić information content (AvgIpc) is 3.38. The lowest BCUT2D eigenvalue weighted by molar-refractivity contribution is -0.136. The zero-order valence-electron chi connectivity index (χ0n) is 18.7. The van der Waals surface area contributed by atoms with Gasteiger partial charge >= 0.3 is 0 Å². The summed E-state index contributed by atoms with van der Waals surface area (Å²) in [6.45, 7) is 2.03. The van der Waals surface area contributed by atoms with Crippen LogP contribution in [0.15, 0.2) is 53.4 Å². The van der Waals surface area contributed by atoms with E-state index in [-0.39, 0.29) is 22.6 Å². The molecular weight excluding hydrogens is 442 g/mol. The molecule has 2 amide bonds. The molecule has 1 saturated heterocycles. The van der Waals surface area contributed by atoms with Gasteiger partial charge in [0.15, 0.2) is 0 Å². The molecule has 0 aromatic heterocycles. The number of rotatable bonds is 6. The molecule has 4 rings (SSSR count). The maximum Gasteiger partial charge on any atom is 0.262 e. The van der Waals surface area contributed by atoms with E-state index in [4.69, 9.17) is 4.74 Å². The number of amides is 2. The molecule has 176 valence electrons. The minimum atomic E-state index is -3.84. The Morgan fingerprint density at radius 1 is 0.909 bits per heavy atom. The number of piperazine rings is 1. The first-order chi connectivity index (χ1) is 15.9. The highest BCUT2D eigenvalue weighted by molar-refractivity contribution is 7.92. The molecule has 9 heteroatoms. The van der Waals surface area contributed by atoms with Crippen LogP contribution < -0.4 is 9.46 Å². The van der Waals surface area contributed by atoms with Crippen LogP contribution in [0.5, 0.6) is 5.75 Å². The molecule has 0 atom stereocenters. The van der Waals surface area contributed by atoms with Gasteiger partial charge in [0.25, 0.3) is 15.9 Å². The van der Waals surface area contributed by atoms with Crippen molar-refractivity contribution in [3.63, 3.8) is 0 Å². The van der Waals surface area contributed by atoms with E-state index in [0.29, 0.717) is 43.2 Å². The Hall–Kier alpha value is -3.07. The van der Waals surface area contributed by atoms with Crippen LogP contribution in [0, 0.1) is 5.92 Å². The summed E-state index contributed by atoms with van der Waals surface area (Å²) in [7, 11) is -2.37. The minimum absolute atomic E-state index is 0.0527. The number of carbonyl (C=O) groups is 2. The van der Waals surface area contributed by atoms with Gasteiger partial charge in [-0.1, -0.05) is 25.0 Å². The van der Waals surface area contributed by atoms with Crippen LogP contribution in [0.3, 0.4) is 0 Å². The summed E-state index contributed by atoms with van der Waals surface area (Å²) in [6, 6.07) is 12.6.